The van der Waals surface area contributed by atoms with Gasteiger partial charge in [-0.2, -0.15) is 0 Å². The first-order chi connectivity index (χ1) is 8.65. The third-order valence-corrected chi connectivity index (χ3v) is 2.97. The predicted molar refractivity (Wildman–Crippen MR) is 66.4 cm³/mol. The van der Waals surface area contributed by atoms with Gasteiger partial charge < -0.3 is 20.1 Å². The van der Waals surface area contributed by atoms with Crippen molar-refractivity contribution in [2.75, 3.05) is 32.8 Å². The number of ether oxygens (including phenoxy) is 1. The van der Waals surface area contributed by atoms with Crippen LogP contribution < -0.4 is 5.32 Å². The Morgan fingerprint density at radius 1 is 1.39 bits per heavy atom. The molecule has 1 saturated heterocycles. The lowest BCUT2D eigenvalue weighted by atomic mass is 10.1. The van der Waals surface area contributed by atoms with E-state index < -0.39 is 12.0 Å². The topological polar surface area (TPSA) is 78.9 Å². The van der Waals surface area contributed by atoms with Crippen LogP contribution in [0.2, 0.25) is 0 Å². The molecule has 1 rings (SSSR count). The van der Waals surface area contributed by atoms with E-state index in [1.54, 1.807) is 4.90 Å². The van der Waals surface area contributed by atoms with Crippen LogP contribution in [0.4, 0.5) is 0 Å². The molecule has 2 N–H and O–H groups in total. The summed E-state index contributed by atoms with van der Waals surface area (Å²) in [7, 11) is 0. The zero-order valence-electron chi connectivity index (χ0n) is 10.9. The third-order valence-electron chi connectivity index (χ3n) is 2.97. The Kier molecular flexibility index (Phi) is 6.67. The van der Waals surface area contributed by atoms with Crippen LogP contribution in [0.1, 0.15) is 26.2 Å². The summed E-state index contributed by atoms with van der Waals surface area (Å²) >= 11 is 0. The van der Waals surface area contributed by atoms with Crippen molar-refractivity contribution in [1.82, 2.24) is 10.2 Å². The molecule has 1 fully saturated rings. The van der Waals surface area contributed by atoms with Crippen LogP contribution >= 0.6 is 0 Å². The first-order valence-corrected chi connectivity index (χ1v) is 6.47. The zero-order valence-corrected chi connectivity index (χ0v) is 10.9. The summed E-state index contributed by atoms with van der Waals surface area (Å²) in [5, 5.41) is 11.9. The van der Waals surface area contributed by atoms with Crippen molar-refractivity contribution in [1.29, 1.82) is 0 Å². The fourth-order valence-electron chi connectivity index (χ4n) is 1.93. The average molecular weight is 258 g/mol. The van der Waals surface area contributed by atoms with E-state index >= 15 is 0 Å². The zero-order chi connectivity index (χ0) is 13.4. The number of nitrogens with zero attached hydrogens (tertiary/aromatic N) is 1. The minimum atomic E-state index is -0.851. The lowest BCUT2D eigenvalue weighted by molar-refractivity contribution is -0.140. The highest BCUT2D eigenvalue weighted by Crippen LogP contribution is 2.01. The van der Waals surface area contributed by atoms with Gasteiger partial charge in [0.15, 0.2) is 0 Å². The molecule has 1 atom stereocenters. The first-order valence-electron chi connectivity index (χ1n) is 6.47. The molecule has 0 aromatic carbocycles. The van der Waals surface area contributed by atoms with Gasteiger partial charge in [-0.3, -0.25) is 9.59 Å². The van der Waals surface area contributed by atoms with E-state index in [2.05, 4.69) is 5.32 Å². The third kappa shape index (κ3) is 5.01. The summed E-state index contributed by atoms with van der Waals surface area (Å²) in [4.78, 5) is 24.4. The number of rotatable bonds is 7. The normalized spacial score (nSPS) is 17.5. The number of carbonyl (C=O) groups is 2. The van der Waals surface area contributed by atoms with E-state index in [4.69, 9.17) is 9.84 Å². The molecule has 1 amide bonds. The average Bonchev–Trinajstić information content (AvgIpc) is 2.38. The molecule has 6 nitrogen and oxygen atoms in total. The molecule has 6 heteroatoms. The molecule has 0 radical (unpaired) electrons. The molecule has 0 spiro atoms. The number of amides is 1. The van der Waals surface area contributed by atoms with E-state index in [0.29, 0.717) is 45.7 Å². The van der Waals surface area contributed by atoms with Gasteiger partial charge in [0.1, 0.15) is 6.04 Å². The molecule has 1 aliphatic heterocycles. The highest BCUT2D eigenvalue weighted by atomic mass is 16.5. The Balaban J connectivity index is 2.22. The van der Waals surface area contributed by atoms with Crippen molar-refractivity contribution < 1.29 is 19.4 Å². The number of nitrogens with one attached hydrogen (secondary N) is 1. The second-order valence-corrected chi connectivity index (χ2v) is 4.38. The van der Waals surface area contributed by atoms with Crippen LogP contribution in [0, 0.1) is 0 Å². The van der Waals surface area contributed by atoms with Crippen LogP contribution in [0.25, 0.3) is 0 Å². The fraction of sp³-hybridized carbons (Fsp3) is 0.833. The number of carbonyl (C=O) groups excluding carboxylic acids is 1. The largest absolute Gasteiger partial charge is 0.480 e. The Morgan fingerprint density at radius 3 is 2.61 bits per heavy atom. The maximum atomic E-state index is 11.8. The second-order valence-electron chi connectivity index (χ2n) is 4.38. The van der Waals surface area contributed by atoms with Gasteiger partial charge in [0, 0.05) is 26.1 Å². The quantitative estimate of drug-likeness (QED) is 0.676. The first kappa shape index (κ1) is 14.9. The summed E-state index contributed by atoms with van der Waals surface area (Å²) < 4.78 is 5.17. The van der Waals surface area contributed by atoms with Crippen molar-refractivity contribution in [2.24, 2.45) is 0 Å². The van der Waals surface area contributed by atoms with Gasteiger partial charge in [0.25, 0.3) is 0 Å². The molecule has 1 aliphatic rings. The Labute approximate surface area is 107 Å². The number of carboxylic acids is 1. The number of morpholine rings is 1. The highest BCUT2D eigenvalue weighted by molar-refractivity contribution is 5.77. The lowest BCUT2D eigenvalue weighted by Gasteiger charge is -2.27. The van der Waals surface area contributed by atoms with Crippen LogP contribution in [0.3, 0.4) is 0 Å². The van der Waals surface area contributed by atoms with Crippen molar-refractivity contribution in [2.45, 2.75) is 32.2 Å². The second kappa shape index (κ2) is 8.05. The number of aliphatic carboxylic acids is 1. The van der Waals surface area contributed by atoms with Gasteiger partial charge in [0.2, 0.25) is 5.91 Å². The van der Waals surface area contributed by atoms with Crippen molar-refractivity contribution >= 4 is 11.9 Å². The number of carboxylic acid groups (broad SMARTS) is 1. The molecule has 0 aromatic heterocycles. The molecule has 0 aromatic rings. The van der Waals surface area contributed by atoms with Crippen LogP contribution in [-0.2, 0) is 14.3 Å². The molecule has 104 valence electrons. The predicted octanol–water partition coefficient (Wildman–Crippen LogP) is 0.0782. The molecule has 1 heterocycles. The van der Waals surface area contributed by atoms with E-state index in [0.717, 1.165) is 6.42 Å². The van der Waals surface area contributed by atoms with Gasteiger partial charge in [-0.15, -0.1) is 0 Å². The van der Waals surface area contributed by atoms with Crippen LogP contribution in [0.15, 0.2) is 0 Å². The Bertz CT molecular complexity index is 277. The highest BCUT2D eigenvalue weighted by Gasteiger charge is 2.18. The van der Waals surface area contributed by atoms with Gasteiger partial charge in [-0.05, 0) is 6.42 Å². The number of hydrogen-bond donors (Lipinski definition) is 2. The molecular formula is C12H22N2O4. The lowest BCUT2D eigenvalue weighted by Crippen LogP contribution is -2.43. The van der Waals surface area contributed by atoms with Crippen LogP contribution in [-0.4, -0.2) is 60.8 Å². The molecule has 0 aliphatic carbocycles. The van der Waals surface area contributed by atoms with Gasteiger partial charge >= 0.3 is 5.97 Å². The minimum Gasteiger partial charge on any atom is -0.480 e. The van der Waals surface area contributed by atoms with E-state index in [9.17, 15) is 9.59 Å². The molecule has 1 unspecified atom stereocenters. The minimum absolute atomic E-state index is 0.0615. The number of hydrogen-bond acceptors (Lipinski definition) is 4. The van der Waals surface area contributed by atoms with Gasteiger partial charge in [-0.1, -0.05) is 13.3 Å². The van der Waals surface area contributed by atoms with Crippen molar-refractivity contribution in [3.05, 3.63) is 0 Å². The van der Waals surface area contributed by atoms with E-state index in [1.807, 2.05) is 6.92 Å². The maximum Gasteiger partial charge on any atom is 0.320 e. The Hall–Kier alpha value is -1.14. The summed E-state index contributed by atoms with van der Waals surface area (Å²) in [6.07, 6.45) is 1.73. The fourth-order valence-corrected chi connectivity index (χ4v) is 1.93. The van der Waals surface area contributed by atoms with E-state index in [-0.39, 0.29) is 5.91 Å². The maximum absolute atomic E-state index is 11.8. The Morgan fingerprint density at radius 2 is 2.06 bits per heavy atom. The SMILES string of the molecule is CCCC(NCCC(=O)N1CCOCC1)C(=O)O. The molecule has 18 heavy (non-hydrogen) atoms. The molecular weight excluding hydrogens is 236 g/mol. The summed E-state index contributed by atoms with van der Waals surface area (Å²) in [5.74, 6) is -0.790. The molecule has 0 saturated carbocycles. The van der Waals surface area contributed by atoms with Crippen LogP contribution in [0.5, 0.6) is 0 Å². The summed E-state index contributed by atoms with van der Waals surface area (Å²) in [6.45, 7) is 4.80. The van der Waals surface area contributed by atoms with E-state index in [1.165, 1.54) is 0 Å². The summed E-state index contributed by atoms with van der Waals surface area (Å²) in [6, 6.07) is -0.549. The van der Waals surface area contributed by atoms with Crippen molar-refractivity contribution in [3.8, 4) is 0 Å². The standard InChI is InChI=1S/C12H22N2O4/c1-2-3-10(12(16)17)13-5-4-11(15)14-6-8-18-9-7-14/h10,13H,2-9H2,1H3,(H,16,17). The summed E-state index contributed by atoms with van der Waals surface area (Å²) in [5.41, 5.74) is 0. The van der Waals surface area contributed by atoms with Crippen molar-refractivity contribution in [3.63, 3.8) is 0 Å². The monoisotopic (exact) mass is 258 g/mol. The van der Waals surface area contributed by atoms with Gasteiger partial charge in [0.05, 0.1) is 13.2 Å². The smallest absolute Gasteiger partial charge is 0.320 e. The molecule has 0 bridgehead atoms. The van der Waals surface area contributed by atoms with Gasteiger partial charge in [-0.25, -0.2) is 0 Å².